The molecule has 0 aromatic heterocycles. The van der Waals surface area contributed by atoms with Gasteiger partial charge in [0, 0.05) is 0 Å². The predicted octanol–water partition coefficient (Wildman–Crippen LogP) is 10.3. The van der Waals surface area contributed by atoms with E-state index in [4.69, 9.17) is 0 Å². The minimum Gasteiger partial charge on any atom is -0.316 e. The summed E-state index contributed by atoms with van der Waals surface area (Å²) < 4.78 is 40.7. The molecule has 0 fully saturated rings. The SMILES string of the molecule is C/C=C(/CCNCC(C)CCC(C(C)c1cc(C(F)(F)F)ccc1C)[C@@H](C)c1ccccc1)c1ccccc1C. The van der Waals surface area contributed by atoms with Crippen molar-refractivity contribution in [3.05, 3.63) is 112 Å². The zero-order valence-corrected chi connectivity index (χ0v) is 25.0. The largest absolute Gasteiger partial charge is 0.416 e. The van der Waals surface area contributed by atoms with Crippen LogP contribution in [0.5, 0.6) is 0 Å². The van der Waals surface area contributed by atoms with Gasteiger partial charge in [-0.25, -0.2) is 0 Å². The molecule has 1 nitrogen and oxygen atoms in total. The van der Waals surface area contributed by atoms with E-state index in [0.29, 0.717) is 5.92 Å². The predicted molar refractivity (Wildman–Crippen MR) is 164 cm³/mol. The molecule has 0 radical (unpaired) electrons. The Labute approximate surface area is 239 Å². The first-order valence-corrected chi connectivity index (χ1v) is 14.7. The molecule has 0 spiro atoms. The highest BCUT2D eigenvalue weighted by atomic mass is 19.4. The Hall–Kier alpha value is -2.85. The Morgan fingerprint density at radius 1 is 0.825 bits per heavy atom. The van der Waals surface area contributed by atoms with Crippen molar-refractivity contribution in [1.29, 1.82) is 0 Å². The molecular weight excluding hydrogens is 503 g/mol. The molecule has 0 saturated heterocycles. The van der Waals surface area contributed by atoms with Gasteiger partial charge in [0.1, 0.15) is 0 Å². The summed E-state index contributed by atoms with van der Waals surface area (Å²) in [4.78, 5) is 0. The zero-order valence-electron chi connectivity index (χ0n) is 25.0. The smallest absolute Gasteiger partial charge is 0.316 e. The number of aryl methyl sites for hydroxylation is 2. The highest BCUT2D eigenvalue weighted by molar-refractivity contribution is 5.67. The van der Waals surface area contributed by atoms with E-state index in [2.05, 4.69) is 82.4 Å². The van der Waals surface area contributed by atoms with Gasteiger partial charge in [-0.3, -0.25) is 0 Å². The first-order valence-electron chi connectivity index (χ1n) is 14.7. The quantitative estimate of drug-likeness (QED) is 0.209. The number of hydrogen-bond acceptors (Lipinski definition) is 1. The van der Waals surface area contributed by atoms with Crippen LogP contribution >= 0.6 is 0 Å². The van der Waals surface area contributed by atoms with Crippen molar-refractivity contribution in [3.8, 4) is 0 Å². The highest BCUT2D eigenvalue weighted by Crippen LogP contribution is 2.42. The fraction of sp³-hybridized carbons (Fsp3) is 0.444. The zero-order chi connectivity index (χ0) is 29.3. The maximum atomic E-state index is 13.6. The van der Waals surface area contributed by atoms with Crippen LogP contribution in [0.2, 0.25) is 0 Å². The summed E-state index contributed by atoms with van der Waals surface area (Å²) in [5.41, 5.74) is 6.39. The molecule has 1 N–H and O–H groups in total. The monoisotopic (exact) mass is 549 g/mol. The van der Waals surface area contributed by atoms with Crippen molar-refractivity contribution in [2.24, 2.45) is 11.8 Å². The molecular formula is C36H46F3N. The minimum absolute atomic E-state index is 0.00373. The van der Waals surface area contributed by atoms with Gasteiger partial charge in [-0.2, -0.15) is 13.2 Å². The maximum absolute atomic E-state index is 13.6. The second kappa shape index (κ2) is 14.7. The van der Waals surface area contributed by atoms with Gasteiger partial charge in [-0.15, -0.1) is 0 Å². The van der Waals surface area contributed by atoms with Gasteiger partial charge in [-0.05, 0) is 122 Å². The van der Waals surface area contributed by atoms with E-state index >= 15 is 0 Å². The molecule has 3 aromatic rings. The summed E-state index contributed by atoms with van der Waals surface area (Å²) in [5.74, 6) is 0.927. The lowest BCUT2D eigenvalue weighted by molar-refractivity contribution is -0.137. The van der Waals surface area contributed by atoms with Crippen molar-refractivity contribution < 1.29 is 13.2 Å². The van der Waals surface area contributed by atoms with Gasteiger partial charge in [0.25, 0.3) is 0 Å². The van der Waals surface area contributed by atoms with E-state index in [1.54, 1.807) is 6.07 Å². The van der Waals surface area contributed by atoms with Gasteiger partial charge in [0.15, 0.2) is 0 Å². The van der Waals surface area contributed by atoms with Gasteiger partial charge >= 0.3 is 6.18 Å². The molecule has 3 aromatic carbocycles. The molecule has 3 unspecified atom stereocenters. The Morgan fingerprint density at radius 2 is 1.50 bits per heavy atom. The summed E-state index contributed by atoms with van der Waals surface area (Å²) >= 11 is 0. The average molecular weight is 550 g/mol. The van der Waals surface area contributed by atoms with E-state index in [1.165, 1.54) is 34.4 Å². The lowest BCUT2D eigenvalue weighted by atomic mass is 9.72. The first kappa shape index (κ1) is 31.7. The van der Waals surface area contributed by atoms with E-state index in [9.17, 15) is 13.2 Å². The molecule has 0 heterocycles. The molecule has 0 aliphatic carbocycles. The lowest BCUT2D eigenvalue weighted by Crippen LogP contribution is -2.24. The number of hydrogen-bond donors (Lipinski definition) is 1. The third-order valence-electron chi connectivity index (χ3n) is 8.60. The van der Waals surface area contributed by atoms with Crippen molar-refractivity contribution in [1.82, 2.24) is 5.32 Å². The Balaban J connectivity index is 1.66. The number of nitrogens with one attached hydrogen (secondary N) is 1. The van der Waals surface area contributed by atoms with E-state index in [-0.39, 0.29) is 17.8 Å². The van der Waals surface area contributed by atoms with Crippen LogP contribution in [0.25, 0.3) is 5.57 Å². The number of alkyl halides is 3. The van der Waals surface area contributed by atoms with Crippen molar-refractivity contribution in [2.45, 2.75) is 78.8 Å². The second-order valence-electron chi connectivity index (χ2n) is 11.5. The third kappa shape index (κ3) is 8.57. The summed E-state index contributed by atoms with van der Waals surface area (Å²) in [5, 5.41) is 3.65. The average Bonchev–Trinajstić information content (AvgIpc) is 2.93. The Morgan fingerprint density at radius 3 is 2.15 bits per heavy atom. The van der Waals surface area contributed by atoms with E-state index in [0.717, 1.165) is 43.5 Å². The van der Waals surface area contributed by atoms with Crippen LogP contribution < -0.4 is 5.32 Å². The Kier molecular flexibility index (Phi) is 11.6. The summed E-state index contributed by atoms with van der Waals surface area (Å²) in [6.45, 7) is 14.6. The molecule has 216 valence electrons. The molecule has 0 aliphatic rings. The van der Waals surface area contributed by atoms with E-state index in [1.807, 2.05) is 25.1 Å². The number of halogens is 3. The Bertz CT molecular complexity index is 1230. The van der Waals surface area contributed by atoms with Crippen LogP contribution in [-0.4, -0.2) is 13.1 Å². The molecule has 3 rings (SSSR count). The fourth-order valence-electron chi connectivity index (χ4n) is 5.99. The van der Waals surface area contributed by atoms with E-state index < -0.39 is 11.7 Å². The lowest BCUT2D eigenvalue weighted by Gasteiger charge is -2.32. The van der Waals surface area contributed by atoms with Crippen LogP contribution in [0.1, 0.15) is 92.2 Å². The fourth-order valence-corrected chi connectivity index (χ4v) is 5.99. The topological polar surface area (TPSA) is 12.0 Å². The maximum Gasteiger partial charge on any atom is 0.416 e. The standard InChI is InChI=1S/C36H46F3N/c1-7-30(33-16-12-11-13-26(33)3)21-22-40-24-25(2)17-20-34(28(5)31-14-9-8-10-15-31)29(6)35-23-32(36(37,38)39)19-18-27(35)4/h7-16,18-19,23,25,28-29,34,40H,17,20-22,24H2,1-6H3/b30-7-/t25?,28-,29?,34?/m0/s1. The molecule has 0 amide bonds. The molecule has 0 saturated carbocycles. The first-order chi connectivity index (χ1) is 19.0. The normalized spacial score (nSPS) is 15.5. The molecule has 0 aliphatic heterocycles. The number of benzene rings is 3. The molecule has 40 heavy (non-hydrogen) atoms. The van der Waals surface area contributed by atoms with Crippen LogP contribution in [0.3, 0.4) is 0 Å². The van der Waals surface area contributed by atoms with Crippen LogP contribution in [0.15, 0.2) is 78.9 Å². The van der Waals surface area contributed by atoms with Crippen LogP contribution in [-0.2, 0) is 6.18 Å². The summed E-state index contributed by atoms with van der Waals surface area (Å²) in [6.07, 6.45) is 0.827. The van der Waals surface area contributed by atoms with Gasteiger partial charge in [-0.1, -0.05) is 87.5 Å². The van der Waals surface area contributed by atoms with Gasteiger partial charge < -0.3 is 5.32 Å². The molecule has 4 heteroatoms. The highest BCUT2D eigenvalue weighted by Gasteiger charge is 2.33. The minimum atomic E-state index is -4.34. The van der Waals surface area contributed by atoms with Gasteiger partial charge in [0.05, 0.1) is 5.56 Å². The van der Waals surface area contributed by atoms with Crippen molar-refractivity contribution in [2.75, 3.05) is 13.1 Å². The van der Waals surface area contributed by atoms with Crippen molar-refractivity contribution >= 4 is 5.57 Å². The van der Waals surface area contributed by atoms with Crippen molar-refractivity contribution in [3.63, 3.8) is 0 Å². The van der Waals surface area contributed by atoms with Gasteiger partial charge in [0.2, 0.25) is 0 Å². The van der Waals surface area contributed by atoms with Crippen LogP contribution in [0.4, 0.5) is 13.2 Å². The summed E-state index contributed by atoms with van der Waals surface area (Å²) in [6, 6.07) is 23.1. The molecule has 4 atom stereocenters. The second-order valence-corrected chi connectivity index (χ2v) is 11.5. The number of allylic oxidation sites excluding steroid dienone is 1. The summed E-state index contributed by atoms with van der Waals surface area (Å²) in [7, 11) is 0. The number of rotatable bonds is 13. The van der Waals surface area contributed by atoms with Crippen LogP contribution in [0, 0.1) is 25.7 Å². The third-order valence-corrected chi connectivity index (χ3v) is 8.60. The molecule has 0 bridgehead atoms.